The zero-order chi connectivity index (χ0) is 6.53. The van der Waals surface area contributed by atoms with E-state index in [4.69, 9.17) is 5.26 Å². The van der Waals surface area contributed by atoms with Gasteiger partial charge in [-0.25, -0.2) is 5.26 Å². The SMILES string of the molecule is N#C[Si]c1ccccc1. The van der Waals surface area contributed by atoms with Gasteiger partial charge in [-0.05, 0) is 5.19 Å². The lowest BCUT2D eigenvalue weighted by atomic mass is 10.4. The van der Waals surface area contributed by atoms with Crippen LogP contribution in [0.4, 0.5) is 0 Å². The third-order valence-corrected chi connectivity index (χ3v) is 1.71. The number of nitriles is 1. The van der Waals surface area contributed by atoms with E-state index >= 15 is 0 Å². The molecule has 0 unspecified atom stereocenters. The van der Waals surface area contributed by atoms with Gasteiger partial charge in [0.15, 0.2) is 0 Å². The molecule has 1 aromatic carbocycles. The Morgan fingerprint density at radius 3 is 2.44 bits per heavy atom. The van der Waals surface area contributed by atoms with Crippen LogP contribution in [0.2, 0.25) is 0 Å². The summed E-state index contributed by atoms with van der Waals surface area (Å²) in [7, 11) is 0.293. The summed E-state index contributed by atoms with van der Waals surface area (Å²) in [5.41, 5.74) is 2.11. The highest BCUT2D eigenvalue weighted by Gasteiger charge is 1.87. The van der Waals surface area contributed by atoms with Gasteiger partial charge < -0.3 is 0 Å². The zero-order valence-electron chi connectivity index (χ0n) is 4.83. The molecule has 0 saturated heterocycles. The number of hydrogen-bond donors (Lipinski definition) is 0. The molecule has 0 amide bonds. The van der Waals surface area contributed by atoms with Gasteiger partial charge in [0, 0.05) is 5.69 Å². The van der Waals surface area contributed by atoms with Crippen LogP contribution >= 0.6 is 0 Å². The second-order valence-corrected chi connectivity index (χ2v) is 2.65. The van der Waals surface area contributed by atoms with Crippen LogP contribution in [0.25, 0.3) is 0 Å². The lowest BCUT2D eigenvalue weighted by molar-refractivity contribution is 1.56. The van der Waals surface area contributed by atoms with Crippen molar-refractivity contribution in [1.29, 1.82) is 5.26 Å². The first-order valence-electron chi connectivity index (χ1n) is 2.63. The molecule has 0 N–H and O–H groups in total. The molecule has 42 valence electrons. The predicted molar refractivity (Wildman–Crippen MR) is 37.4 cm³/mol. The van der Waals surface area contributed by atoms with E-state index in [1.54, 1.807) is 0 Å². The summed E-state index contributed by atoms with van der Waals surface area (Å²) < 4.78 is 0. The predicted octanol–water partition coefficient (Wildman–Crippen LogP) is 0.497. The molecule has 2 heteroatoms. The second kappa shape index (κ2) is 3.05. The van der Waals surface area contributed by atoms with Gasteiger partial charge in [-0.2, -0.15) is 0 Å². The van der Waals surface area contributed by atoms with Gasteiger partial charge in [0.25, 0.3) is 0 Å². The van der Waals surface area contributed by atoms with Crippen molar-refractivity contribution in [1.82, 2.24) is 0 Å². The largest absolute Gasteiger partial charge is 0.226 e. The first-order chi connectivity index (χ1) is 4.43. The maximum atomic E-state index is 8.28. The van der Waals surface area contributed by atoms with Crippen LogP contribution in [0, 0.1) is 11.0 Å². The van der Waals surface area contributed by atoms with Crippen molar-refractivity contribution in [2.24, 2.45) is 0 Å². The molecule has 0 fully saturated rings. The zero-order valence-corrected chi connectivity index (χ0v) is 5.83. The van der Waals surface area contributed by atoms with Gasteiger partial charge in [-0.15, -0.1) is 0 Å². The smallest absolute Gasteiger partial charge is 0.207 e. The van der Waals surface area contributed by atoms with Crippen LogP contribution in [-0.4, -0.2) is 9.52 Å². The van der Waals surface area contributed by atoms with Crippen LogP contribution < -0.4 is 5.19 Å². The van der Waals surface area contributed by atoms with E-state index in [1.165, 1.54) is 0 Å². The molecule has 0 atom stereocenters. The maximum absolute atomic E-state index is 8.28. The van der Waals surface area contributed by atoms with Crippen molar-refractivity contribution in [3.05, 3.63) is 30.3 Å². The van der Waals surface area contributed by atoms with E-state index in [2.05, 4.69) is 5.69 Å². The van der Waals surface area contributed by atoms with Crippen LogP contribution in [0.5, 0.6) is 0 Å². The van der Waals surface area contributed by atoms with E-state index in [0.29, 0.717) is 9.52 Å². The van der Waals surface area contributed by atoms with Gasteiger partial charge in [-0.3, -0.25) is 0 Å². The molecule has 1 nitrogen and oxygen atoms in total. The van der Waals surface area contributed by atoms with Gasteiger partial charge in [-0.1, -0.05) is 30.3 Å². The molecule has 0 bridgehead atoms. The highest BCUT2D eigenvalue weighted by atomic mass is 28.2. The Kier molecular flexibility index (Phi) is 2.05. The number of hydrogen-bond acceptors (Lipinski definition) is 1. The topological polar surface area (TPSA) is 23.8 Å². The molecule has 0 spiro atoms. The lowest BCUT2D eigenvalue weighted by Gasteiger charge is -1.86. The monoisotopic (exact) mass is 131 g/mol. The molecule has 2 radical (unpaired) electrons. The highest BCUT2D eigenvalue weighted by Crippen LogP contribution is 1.79. The van der Waals surface area contributed by atoms with E-state index in [1.807, 2.05) is 30.3 Å². The lowest BCUT2D eigenvalue weighted by Crippen LogP contribution is -2.10. The summed E-state index contributed by atoms with van der Waals surface area (Å²) in [5, 5.41) is 9.39. The Balaban J connectivity index is 2.76. The minimum absolute atomic E-state index is 0.293. The van der Waals surface area contributed by atoms with Crippen LogP contribution in [0.15, 0.2) is 30.3 Å². The molecule has 0 aliphatic carbocycles. The van der Waals surface area contributed by atoms with E-state index < -0.39 is 0 Å². The van der Waals surface area contributed by atoms with Crippen LogP contribution in [0.1, 0.15) is 0 Å². The average molecular weight is 131 g/mol. The summed E-state index contributed by atoms with van der Waals surface area (Å²) >= 11 is 0. The number of rotatable bonds is 1. The maximum Gasteiger partial charge on any atom is 0.226 e. The van der Waals surface area contributed by atoms with Gasteiger partial charge in [0.2, 0.25) is 9.52 Å². The van der Waals surface area contributed by atoms with Gasteiger partial charge in [0.05, 0.1) is 0 Å². The molecule has 9 heavy (non-hydrogen) atoms. The molecule has 0 heterocycles. The highest BCUT2D eigenvalue weighted by molar-refractivity contribution is 6.60. The minimum atomic E-state index is 0.293. The van der Waals surface area contributed by atoms with Gasteiger partial charge in [0.1, 0.15) is 0 Å². The Labute approximate surface area is 56.8 Å². The van der Waals surface area contributed by atoms with Crippen molar-refractivity contribution in [2.45, 2.75) is 0 Å². The Morgan fingerprint density at radius 2 is 1.89 bits per heavy atom. The summed E-state index contributed by atoms with van der Waals surface area (Å²) in [6.07, 6.45) is 0. The third-order valence-electron chi connectivity index (χ3n) is 0.974. The normalized spacial score (nSPS) is 8.33. The number of benzene rings is 1. The van der Waals surface area contributed by atoms with Crippen LogP contribution in [0.3, 0.4) is 0 Å². The van der Waals surface area contributed by atoms with Gasteiger partial charge >= 0.3 is 0 Å². The van der Waals surface area contributed by atoms with Crippen LogP contribution in [-0.2, 0) is 0 Å². The first kappa shape index (κ1) is 6.05. The van der Waals surface area contributed by atoms with Crippen molar-refractivity contribution >= 4 is 14.7 Å². The fourth-order valence-electron chi connectivity index (χ4n) is 0.586. The molecule has 0 aliphatic rings. The molecular weight excluding hydrogens is 126 g/mol. The molecule has 0 aromatic heterocycles. The Bertz CT molecular complexity index is 212. The average Bonchev–Trinajstić information content (AvgIpc) is 1.91. The Hall–Kier alpha value is -1.07. The van der Waals surface area contributed by atoms with E-state index in [-0.39, 0.29) is 0 Å². The first-order valence-corrected chi connectivity index (χ1v) is 3.63. The van der Waals surface area contributed by atoms with E-state index in [0.717, 1.165) is 5.19 Å². The van der Waals surface area contributed by atoms with Crippen molar-refractivity contribution in [3.8, 4) is 5.69 Å². The minimum Gasteiger partial charge on any atom is -0.207 e. The van der Waals surface area contributed by atoms with E-state index in [9.17, 15) is 0 Å². The quantitative estimate of drug-likeness (QED) is 0.509. The standard InChI is InChI=1S/C7H5NSi/c8-6-9-7-4-2-1-3-5-7/h1-5H. The summed E-state index contributed by atoms with van der Waals surface area (Å²) in [6.45, 7) is 0. The van der Waals surface area contributed by atoms with Crippen molar-refractivity contribution < 1.29 is 0 Å². The summed E-state index contributed by atoms with van der Waals surface area (Å²) in [6, 6.07) is 9.76. The number of nitrogens with zero attached hydrogens (tertiary/aromatic N) is 1. The molecule has 0 aliphatic heterocycles. The third kappa shape index (κ3) is 1.71. The summed E-state index contributed by atoms with van der Waals surface area (Å²) in [5.74, 6) is 0. The second-order valence-electron chi connectivity index (χ2n) is 1.60. The molecule has 1 aromatic rings. The summed E-state index contributed by atoms with van der Waals surface area (Å²) in [4.78, 5) is 0. The Morgan fingerprint density at radius 1 is 1.22 bits per heavy atom. The fourth-order valence-corrected chi connectivity index (χ4v) is 1.07. The molecule has 1 rings (SSSR count). The fraction of sp³-hybridized carbons (Fsp3) is 0. The van der Waals surface area contributed by atoms with Crippen molar-refractivity contribution in [2.75, 3.05) is 0 Å². The molecular formula is C7H5NSi. The molecule has 0 saturated carbocycles. The van der Waals surface area contributed by atoms with Crippen molar-refractivity contribution in [3.63, 3.8) is 0 Å².